The summed E-state index contributed by atoms with van der Waals surface area (Å²) in [7, 11) is -3.67. The maximum absolute atomic E-state index is 12.6. The van der Waals surface area contributed by atoms with E-state index in [1.54, 1.807) is 6.07 Å². The number of sulfonamides is 1. The molecule has 0 bridgehead atoms. The predicted molar refractivity (Wildman–Crippen MR) is 72.4 cm³/mol. The number of aryl methyl sites for hydroxylation is 1. The molecule has 110 valence electrons. The minimum Gasteiger partial charge on any atom is -0.478 e. The third-order valence-electron chi connectivity index (χ3n) is 3.28. The summed E-state index contributed by atoms with van der Waals surface area (Å²) in [6, 6.07) is 4.24. The lowest BCUT2D eigenvalue weighted by molar-refractivity contribution is 0.0696. The van der Waals surface area contributed by atoms with Crippen LogP contribution in [0.4, 0.5) is 0 Å². The highest BCUT2D eigenvalue weighted by Gasteiger charge is 2.28. The Morgan fingerprint density at radius 2 is 2.00 bits per heavy atom. The molecule has 1 aromatic rings. The van der Waals surface area contributed by atoms with Gasteiger partial charge in [-0.15, -0.1) is 0 Å². The molecule has 0 saturated carbocycles. The van der Waals surface area contributed by atoms with Crippen LogP contribution in [0.15, 0.2) is 23.1 Å². The summed E-state index contributed by atoms with van der Waals surface area (Å²) >= 11 is 0. The topological polar surface area (TPSA) is 83.9 Å². The first kappa shape index (κ1) is 15.0. The molecule has 0 spiro atoms. The first-order valence-electron chi connectivity index (χ1n) is 6.41. The van der Waals surface area contributed by atoms with Crippen LogP contribution in [0.1, 0.15) is 22.8 Å². The summed E-state index contributed by atoms with van der Waals surface area (Å²) in [5.41, 5.74) is 0.607. The van der Waals surface area contributed by atoms with Crippen molar-refractivity contribution in [2.75, 3.05) is 26.3 Å². The van der Waals surface area contributed by atoms with Crippen molar-refractivity contribution in [3.05, 3.63) is 29.3 Å². The SMILES string of the molecule is CCc1ccc(C(=O)O)cc1S(=O)(=O)N1CCOCC1. The van der Waals surface area contributed by atoms with Crippen molar-refractivity contribution in [3.63, 3.8) is 0 Å². The Bertz CT molecular complexity index is 605. The molecule has 0 atom stereocenters. The van der Waals surface area contributed by atoms with Crippen molar-refractivity contribution in [3.8, 4) is 0 Å². The third-order valence-corrected chi connectivity index (χ3v) is 5.26. The molecule has 6 nitrogen and oxygen atoms in total. The summed E-state index contributed by atoms with van der Waals surface area (Å²) in [5.74, 6) is -1.13. The van der Waals surface area contributed by atoms with Gasteiger partial charge in [0.1, 0.15) is 0 Å². The van der Waals surface area contributed by atoms with Gasteiger partial charge in [-0.25, -0.2) is 13.2 Å². The van der Waals surface area contributed by atoms with Crippen LogP contribution in [0.2, 0.25) is 0 Å². The summed E-state index contributed by atoms with van der Waals surface area (Å²) in [6.45, 7) is 3.15. The molecule has 1 aliphatic heterocycles. The molecule has 0 unspecified atom stereocenters. The molecule has 0 aromatic heterocycles. The Morgan fingerprint density at radius 1 is 1.35 bits per heavy atom. The standard InChI is InChI=1S/C13H17NO5S/c1-2-10-3-4-11(13(15)16)9-12(10)20(17,18)14-5-7-19-8-6-14/h3-4,9H,2,5-8H2,1H3,(H,15,16). The van der Waals surface area contributed by atoms with Crippen LogP contribution in [-0.4, -0.2) is 50.1 Å². The number of carboxylic acids is 1. The third kappa shape index (κ3) is 2.84. The molecule has 0 radical (unpaired) electrons. The maximum Gasteiger partial charge on any atom is 0.335 e. The van der Waals surface area contributed by atoms with E-state index >= 15 is 0 Å². The van der Waals surface area contributed by atoms with Crippen LogP contribution in [0, 0.1) is 0 Å². The summed E-state index contributed by atoms with van der Waals surface area (Å²) in [6.07, 6.45) is 0.527. The highest BCUT2D eigenvalue weighted by Crippen LogP contribution is 2.23. The fourth-order valence-corrected chi connectivity index (χ4v) is 3.87. The summed E-state index contributed by atoms with van der Waals surface area (Å²) in [4.78, 5) is 11.1. The van der Waals surface area contributed by atoms with Gasteiger partial charge in [0.15, 0.2) is 0 Å². The highest BCUT2D eigenvalue weighted by atomic mass is 32.2. The number of ether oxygens (including phenoxy) is 1. The lowest BCUT2D eigenvalue weighted by atomic mass is 10.1. The Kier molecular flexibility index (Phi) is 4.42. The molecule has 0 aliphatic carbocycles. The van der Waals surface area contributed by atoms with Crippen molar-refractivity contribution in [1.82, 2.24) is 4.31 Å². The number of hydrogen-bond donors (Lipinski definition) is 1. The quantitative estimate of drug-likeness (QED) is 0.895. The largest absolute Gasteiger partial charge is 0.478 e. The van der Waals surface area contributed by atoms with Crippen LogP contribution >= 0.6 is 0 Å². The van der Waals surface area contributed by atoms with Gasteiger partial charge >= 0.3 is 5.97 Å². The second kappa shape index (κ2) is 5.90. The first-order chi connectivity index (χ1) is 9.46. The molecule has 7 heteroatoms. The number of nitrogens with zero attached hydrogens (tertiary/aromatic N) is 1. The van der Waals surface area contributed by atoms with Crippen LogP contribution in [0.25, 0.3) is 0 Å². The van der Waals surface area contributed by atoms with E-state index in [9.17, 15) is 13.2 Å². The molecule has 1 aromatic carbocycles. The number of carbonyl (C=O) groups is 1. The van der Waals surface area contributed by atoms with Gasteiger partial charge in [0.25, 0.3) is 0 Å². The van der Waals surface area contributed by atoms with Gasteiger partial charge in [-0.1, -0.05) is 13.0 Å². The van der Waals surface area contributed by atoms with Gasteiger partial charge in [0.05, 0.1) is 23.7 Å². The molecular formula is C13H17NO5S. The number of aromatic carboxylic acids is 1. The van der Waals surface area contributed by atoms with Gasteiger partial charge in [-0.05, 0) is 24.1 Å². The lowest BCUT2D eigenvalue weighted by Crippen LogP contribution is -2.41. The van der Waals surface area contributed by atoms with E-state index in [2.05, 4.69) is 0 Å². The van der Waals surface area contributed by atoms with Crippen LogP contribution in [0.5, 0.6) is 0 Å². The number of carboxylic acid groups (broad SMARTS) is 1. The van der Waals surface area contributed by atoms with Crippen molar-refractivity contribution in [1.29, 1.82) is 0 Å². The van der Waals surface area contributed by atoms with Crippen molar-refractivity contribution in [2.45, 2.75) is 18.2 Å². The Balaban J connectivity index is 2.48. The van der Waals surface area contributed by atoms with Crippen LogP contribution < -0.4 is 0 Å². The zero-order valence-corrected chi connectivity index (χ0v) is 12.0. The summed E-state index contributed by atoms with van der Waals surface area (Å²) < 4.78 is 31.7. The molecule has 1 saturated heterocycles. The van der Waals surface area contributed by atoms with Crippen molar-refractivity contribution in [2.24, 2.45) is 0 Å². The van der Waals surface area contributed by atoms with E-state index in [4.69, 9.17) is 9.84 Å². The van der Waals surface area contributed by atoms with Crippen LogP contribution in [0.3, 0.4) is 0 Å². The number of morpholine rings is 1. The molecule has 1 fully saturated rings. The van der Waals surface area contributed by atoms with Gasteiger partial charge in [-0.3, -0.25) is 0 Å². The highest BCUT2D eigenvalue weighted by molar-refractivity contribution is 7.89. The number of hydrogen-bond acceptors (Lipinski definition) is 4. The van der Waals surface area contributed by atoms with Crippen molar-refractivity contribution < 1.29 is 23.1 Å². The van der Waals surface area contributed by atoms with E-state index in [1.807, 2.05) is 6.92 Å². The van der Waals surface area contributed by atoms with E-state index in [1.165, 1.54) is 16.4 Å². The second-order valence-corrected chi connectivity index (χ2v) is 6.40. The maximum atomic E-state index is 12.6. The van der Waals surface area contributed by atoms with Gasteiger partial charge < -0.3 is 9.84 Å². The first-order valence-corrected chi connectivity index (χ1v) is 7.85. The predicted octanol–water partition coefficient (Wildman–Crippen LogP) is 0.968. The van der Waals surface area contributed by atoms with Gasteiger partial charge in [0, 0.05) is 13.1 Å². The normalized spacial score (nSPS) is 17.1. The molecule has 1 heterocycles. The minimum atomic E-state index is -3.67. The molecule has 0 amide bonds. The fourth-order valence-electron chi connectivity index (χ4n) is 2.15. The molecule has 1 N–H and O–H groups in total. The Labute approximate surface area is 118 Å². The van der Waals surface area contributed by atoms with Crippen molar-refractivity contribution >= 4 is 16.0 Å². The number of rotatable bonds is 4. The molecule has 2 rings (SSSR count). The van der Waals surface area contributed by atoms with E-state index < -0.39 is 16.0 Å². The van der Waals surface area contributed by atoms with E-state index in [-0.39, 0.29) is 10.5 Å². The molecule has 1 aliphatic rings. The zero-order valence-electron chi connectivity index (χ0n) is 11.2. The number of benzene rings is 1. The van der Waals surface area contributed by atoms with Gasteiger partial charge in [-0.2, -0.15) is 4.31 Å². The Morgan fingerprint density at radius 3 is 2.55 bits per heavy atom. The molecule has 20 heavy (non-hydrogen) atoms. The minimum absolute atomic E-state index is 0.0194. The zero-order chi connectivity index (χ0) is 14.8. The average molecular weight is 299 g/mol. The lowest BCUT2D eigenvalue weighted by Gasteiger charge is -2.27. The summed E-state index contributed by atoms with van der Waals surface area (Å²) in [5, 5.41) is 9.02. The second-order valence-electron chi connectivity index (χ2n) is 4.50. The van der Waals surface area contributed by atoms with E-state index in [0.29, 0.717) is 38.3 Å². The average Bonchev–Trinajstić information content (AvgIpc) is 2.47. The van der Waals surface area contributed by atoms with Gasteiger partial charge in [0.2, 0.25) is 10.0 Å². The molecular weight excluding hydrogens is 282 g/mol. The van der Waals surface area contributed by atoms with E-state index in [0.717, 1.165) is 0 Å². The smallest absolute Gasteiger partial charge is 0.335 e. The fraction of sp³-hybridized carbons (Fsp3) is 0.462. The van der Waals surface area contributed by atoms with Crippen LogP contribution in [-0.2, 0) is 21.2 Å². The Hall–Kier alpha value is -1.44. The monoisotopic (exact) mass is 299 g/mol.